The van der Waals surface area contributed by atoms with Crippen LogP contribution in [0.5, 0.6) is 0 Å². The summed E-state index contributed by atoms with van der Waals surface area (Å²) in [7, 11) is 0. The Morgan fingerprint density at radius 1 is 0.464 bits per heavy atom. The number of nitrogen functional groups attached to an aromatic ring is 2. The minimum absolute atomic E-state index is 0.800. The van der Waals surface area contributed by atoms with Crippen molar-refractivity contribution >= 4 is 11.4 Å². The molecule has 0 saturated heterocycles. The maximum Gasteiger partial charge on any atom is 0.0314 e. The summed E-state index contributed by atoms with van der Waals surface area (Å²) >= 11 is 0. The lowest BCUT2D eigenvalue weighted by atomic mass is 9.94. The summed E-state index contributed by atoms with van der Waals surface area (Å²) in [5.74, 6) is 0. The number of hydrogen-bond donors (Lipinski definition) is 2. The summed E-state index contributed by atoms with van der Waals surface area (Å²) in [6.07, 6.45) is 1.80. The summed E-state index contributed by atoms with van der Waals surface area (Å²) in [5.41, 5.74) is 20.9. The van der Waals surface area contributed by atoms with Crippen LogP contribution in [0.2, 0.25) is 0 Å². The van der Waals surface area contributed by atoms with E-state index in [1.165, 1.54) is 33.4 Å². The predicted molar refractivity (Wildman–Crippen MR) is 119 cm³/mol. The second kappa shape index (κ2) is 8.01. The molecule has 0 amide bonds. The Balaban J connectivity index is 1.55. The highest BCUT2D eigenvalue weighted by Crippen LogP contribution is 2.27. The van der Waals surface area contributed by atoms with Gasteiger partial charge in [0.05, 0.1) is 0 Å². The van der Waals surface area contributed by atoms with Crippen LogP contribution in [0, 0.1) is 0 Å². The van der Waals surface area contributed by atoms with Crippen molar-refractivity contribution in [2.75, 3.05) is 11.5 Å². The summed E-state index contributed by atoms with van der Waals surface area (Å²) < 4.78 is 0. The molecule has 2 heteroatoms. The highest BCUT2D eigenvalue weighted by atomic mass is 14.5. The van der Waals surface area contributed by atoms with Crippen molar-refractivity contribution in [3.63, 3.8) is 0 Å². The maximum absolute atomic E-state index is 5.81. The molecule has 0 bridgehead atoms. The Morgan fingerprint density at radius 2 is 0.929 bits per heavy atom. The average molecular weight is 364 g/mol. The van der Waals surface area contributed by atoms with E-state index < -0.39 is 0 Å². The van der Waals surface area contributed by atoms with Crippen molar-refractivity contribution in [1.29, 1.82) is 0 Å². The molecule has 0 unspecified atom stereocenters. The van der Waals surface area contributed by atoms with Crippen LogP contribution in [0.15, 0.2) is 97.1 Å². The fourth-order valence-electron chi connectivity index (χ4n) is 3.48. The van der Waals surface area contributed by atoms with Gasteiger partial charge < -0.3 is 11.5 Å². The van der Waals surface area contributed by atoms with E-state index >= 15 is 0 Å². The number of anilines is 2. The first-order chi connectivity index (χ1) is 13.7. The molecule has 4 aromatic rings. The monoisotopic (exact) mass is 364 g/mol. The van der Waals surface area contributed by atoms with Gasteiger partial charge in [-0.15, -0.1) is 0 Å². The van der Waals surface area contributed by atoms with Crippen LogP contribution in [0.4, 0.5) is 11.4 Å². The molecule has 0 heterocycles. The number of nitrogens with two attached hydrogens (primary N) is 2. The van der Waals surface area contributed by atoms with E-state index in [1.807, 2.05) is 24.3 Å². The zero-order valence-electron chi connectivity index (χ0n) is 15.8. The molecule has 0 fully saturated rings. The van der Waals surface area contributed by atoms with Crippen molar-refractivity contribution in [3.8, 4) is 11.1 Å². The Labute approximate surface area is 166 Å². The molecule has 4 rings (SSSR count). The molecule has 0 spiro atoms. The van der Waals surface area contributed by atoms with Gasteiger partial charge in [-0.05, 0) is 70.5 Å². The molecule has 0 aliphatic rings. The quantitative estimate of drug-likeness (QED) is 0.446. The van der Waals surface area contributed by atoms with Crippen LogP contribution in [-0.4, -0.2) is 0 Å². The minimum Gasteiger partial charge on any atom is -0.399 e. The van der Waals surface area contributed by atoms with Gasteiger partial charge in [-0.2, -0.15) is 0 Å². The highest BCUT2D eigenvalue weighted by Gasteiger charge is 2.06. The lowest BCUT2D eigenvalue weighted by molar-refractivity contribution is 1.18. The zero-order chi connectivity index (χ0) is 19.3. The van der Waals surface area contributed by atoms with Crippen molar-refractivity contribution in [2.45, 2.75) is 12.8 Å². The molecular formula is C26H24N2. The van der Waals surface area contributed by atoms with Gasteiger partial charge in [0, 0.05) is 11.4 Å². The normalized spacial score (nSPS) is 10.7. The first-order valence-electron chi connectivity index (χ1n) is 9.53. The molecule has 0 saturated carbocycles. The molecular weight excluding hydrogens is 340 g/mol. The van der Waals surface area contributed by atoms with E-state index in [0.29, 0.717) is 0 Å². The lowest BCUT2D eigenvalue weighted by Gasteiger charge is -2.11. The molecule has 0 aliphatic heterocycles. The fourth-order valence-corrected chi connectivity index (χ4v) is 3.48. The number of benzene rings is 4. The molecule has 4 N–H and O–H groups in total. The molecule has 0 aromatic heterocycles. The van der Waals surface area contributed by atoms with Crippen LogP contribution in [0.3, 0.4) is 0 Å². The Morgan fingerprint density at radius 3 is 1.50 bits per heavy atom. The van der Waals surface area contributed by atoms with Gasteiger partial charge in [0.2, 0.25) is 0 Å². The first kappa shape index (κ1) is 17.9. The second-order valence-corrected chi connectivity index (χ2v) is 7.19. The highest BCUT2D eigenvalue weighted by molar-refractivity contribution is 5.68. The van der Waals surface area contributed by atoms with Crippen LogP contribution >= 0.6 is 0 Å². The number of rotatable bonds is 5. The summed E-state index contributed by atoms with van der Waals surface area (Å²) in [4.78, 5) is 0. The molecule has 2 nitrogen and oxygen atoms in total. The standard InChI is InChI=1S/C26H24N2/c27-24-13-7-20(8-14-24)17-19-5-11-22(12-6-19)26-4-2-1-3-23(26)18-21-9-15-25(28)16-10-21/h1-16H,17-18,27-28H2. The average Bonchev–Trinajstić information content (AvgIpc) is 2.73. The second-order valence-electron chi connectivity index (χ2n) is 7.19. The van der Waals surface area contributed by atoms with Gasteiger partial charge in [0.1, 0.15) is 0 Å². The van der Waals surface area contributed by atoms with Crippen molar-refractivity contribution < 1.29 is 0 Å². The van der Waals surface area contributed by atoms with E-state index in [4.69, 9.17) is 11.5 Å². The van der Waals surface area contributed by atoms with Crippen molar-refractivity contribution in [1.82, 2.24) is 0 Å². The largest absolute Gasteiger partial charge is 0.399 e. The summed E-state index contributed by atoms with van der Waals surface area (Å²) in [6, 6.07) is 33.7. The molecule has 0 aliphatic carbocycles. The third-order valence-electron chi connectivity index (χ3n) is 5.04. The van der Waals surface area contributed by atoms with E-state index in [0.717, 1.165) is 24.2 Å². The molecule has 4 aromatic carbocycles. The third kappa shape index (κ3) is 4.24. The predicted octanol–water partition coefficient (Wildman–Crippen LogP) is 5.70. The van der Waals surface area contributed by atoms with Gasteiger partial charge in [-0.25, -0.2) is 0 Å². The van der Waals surface area contributed by atoms with Crippen LogP contribution < -0.4 is 11.5 Å². The van der Waals surface area contributed by atoms with E-state index in [9.17, 15) is 0 Å². The molecule has 28 heavy (non-hydrogen) atoms. The molecule has 0 atom stereocenters. The minimum atomic E-state index is 0.800. The topological polar surface area (TPSA) is 52.0 Å². The fraction of sp³-hybridized carbons (Fsp3) is 0.0769. The lowest BCUT2D eigenvalue weighted by Crippen LogP contribution is -1.94. The van der Waals surface area contributed by atoms with Crippen molar-refractivity contribution in [2.24, 2.45) is 0 Å². The van der Waals surface area contributed by atoms with Crippen LogP contribution in [0.25, 0.3) is 11.1 Å². The Bertz CT molecular complexity index is 1050. The Kier molecular flexibility index (Phi) is 5.11. The molecule has 138 valence electrons. The maximum atomic E-state index is 5.81. The first-order valence-corrected chi connectivity index (χ1v) is 9.53. The van der Waals surface area contributed by atoms with E-state index in [2.05, 4.69) is 72.8 Å². The molecule has 0 radical (unpaired) electrons. The van der Waals surface area contributed by atoms with Crippen molar-refractivity contribution in [3.05, 3.63) is 119 Å². The van der Waals surface area contributed by atoms with Crippen LogP contribution in [0.1, 0.15) is 22.3 Å². The van der Waals surface area contributed by atoms with Crippen LogP contribution in [-0.2, 0) is 12.8 Å². The zero-order valence-corrected chi connectivity index (χ0v) is 15.8. The van der Waals surface area contributed by atoms with Gasteiger partial charge >= 0.3 is 0 Å². The van der Waals surface area contributed by atoms with Gasteiger partial charge in [-0.3, -0.25) is 0 Å². The van der Waals surface area contributed by atoms with Gasteiger partial charge in [0.25, 0.3) is 0 Å². The smallest absolute Gasteiger partial charge is 0.0314 e. The van der Waals surface area contributed by atoms with Gasteiger partial charge in [-0.1, -0.05) is 72.8 Å². The summed E-state index contributed by atoms with van der Waals surface area (Å²) in [6.45, 7) is 0. The third-order valence-corrected chi connectivity index (χ3v) is 5.04. The number of hydrogen-bond acceptors (Lipinski definition) is 2. The Hall–Kier alpha value is -3.52. The SMILES string of the molecule is Nc1ccc(Cc2ccc(-c3ccccc3Cc3ccc(N)cc3)cc2)cc1. The van der Waals surface area contributed by atoms with Gasteiger partial charge in [0.15, 0.2) is 0 Å². The summed E-state index contributed by atoms with van der Waals surface area (Å²) in [5, 5.41) is 0. The van der Waals surface area contributed by atoms with E-state index in [1.54, 1.807) is 0 Å². The van der Waals surface area contributed by atoms with E-state index in [-0.39, 0.29) is 0 Å².